The van der Waals surface area contributed by atoms with Gasteiger partial charge >= 0.3 is 0 Å². The molecule has 11 heavy (non-hydrogen) atoms. The second-order valence-electron chi connectivity index (χ2n) is 1.86. The smallest absolute Gasteiger partial charge is 0.138 e. The Balaban J connectivity index is 2.95. The van der Waals surface area contributed by atoms with Crippen molar-refractivity contribution in [3.8, 4) is 0 Å². The minimum atomic E-state index is 0.502. The third kappa shape index (κ3) is 2.33. The zero-order valence-corrected chi connectivity index (χ0v) is 7.72. The molecular formula is C7H4Cl2NS. The number of anilines is 1. The molecule has 0 aromatic heterocycles. The highest BCUT2D eigenvalue weighted by atomic mass is 35.5. The fraction of sp³-hybridized carbons (Fsp3) is 0. The molecule has 1 radical (unpaired) electrons. The van der Waals surface area contributed by atoms with Gasteiger partial charge in [-0.25, -0.2) is 0 Å². The van der Waals surface area contributed by atoms with E-state index in [1.54, 1.807) is 18.2 Å². The number of hydrogen-bond donors (Lipinski definition) is 1. The molecule has 0 heterocycles. The van der Waals surface area contributed by atoms with Crippen LogP contribution in [-0.4, -0.2) is 5.49 Å². The van der Waals surface area contributed by atoms with E-state index in [0.717, 1.165) is 5.69 Å². The largest absolute Gasteiger partial charge is 0.344 e. The lowest BCUT2D eigenvalue weighted by atomic mass is 10.3. The maximum absolute atomic E-state index is 5.72. The van der Waals surface area contributed by atoms with E-state index >= 15 is 0 Å². The van der Waals surface area contributed by atoms with Crippen LogP contribution in [-0.2, 0) is 0 Å². The third-order valence-corrected chi connectivity index (χ3v) is 1.96. The van der Waals surface area contributed by atoms with Crippen molar-refractivity contribution in [3.05, 3.63) is 28.2 Å². The van der Waals surface area contributed by atoms with Gasteiger partial charge in [-0.2, -0.15) is 0 Å². The van der Waals surface area contributed by atoms with Crippen LogP contribution in [0, 0.1) is 0 Å². The maximum atomic E-state index is 5.72. The molecular weight excluding hydrogens is 201 g/mol. The molecule has 0 atom stereocenters. The highest BCUT2D eigenvalue weighted by Crippen LogP contribution is 2.24. The molecule has 1 N–H and O–H groups in total. The van der Waals surface area contributed by atoms with E-state index in [-0.39, 0.29) is 0 Å². The second-order valence-corrected chi connectivity index (χ2v) is 2.87. The number of rotatable bonds is 2. The lowest BCUT2D eigenvalue weighted by Gasteiger charge is -1.99. The normalized spacial score (nSPS) is 9.27. The Morgan fingerprint density at radius 3 is 2.55 bits per heavy atom. The molecule has 1 rings (SSSR count). The van der Waals surface area contributed by atoms with Crippen LogP contribution in [0.1, 0.15) is 0 Å². The van der Waals surface area contributed by atoms with Crippen LogP contribution in [0.3, 0.4) is 0 Å². The van der Waals surface area contributed by atoms with Crippen LogP contribution >= 0.6 is 35.4 Å². The molecule has 0 bridgehead atoms. The molecule has 0 aliphatic rings. The van der Waals surface area contributed by atoms with Crippen molar-refractivity contribution in [3.63, 3.8) is 0 Å². The average Bonchev–Trinajstić information content (AvgIpc) is 1.98. The Hall–Kier alpha value is -0.310. The van der Waals surface area contributed by atoms with Crippen LogP contribution in [0.4, 0.5) is 5.69 Å². The van der Waals surface area contributed by atoms with Gasteiger partial charge in [0.25, 0.3) is 0 Å². The topological polar surface area (TPSA) is 12.0 Å². The molecule has 0 aliphatic carbocycles. The summed E-state index contributed by atoms with van der Waals surface area (Å²) in [6.07, 6.45) is 0. The van der Waals surface area contributed by atoms with Gasteiger partial charge in [-0.15, -0.1) is 0 Å². The van der Waals surface area contributed by atoms with Crippen LogP contribution in [0.15, 0.2) is 18.2 Å². The van der Waals surface area contributed by atoms with E-state index in [2.05, 4.69) is 23.0 Å². The zero-order chi connectivity index (χ0) is 8.27. The summed E-state index contributed by atoms with van der Waals surface area (Å²) >= 11 is 15.9. The minimum Gasteiger partial charge on any atom is -0.344 e. The van der Waals surface area contributed by atoms with Crippen molar-refractivity contribution in [1.29, 1.82) is 0 Å². The van der Waals surface area contributed by atoms with Crippen LogP contribution < -0.4 is 5.32 Å². The zero-order valence-electron chi connectivity index (χ0n) is 5.40. The number of benzene rings is 1. The molecule has 0 unspecified atom stereocenters. The summed E-state index contributed by atoms with van der Waals surface area (Å²) < 4.78 is 0. The fourth-order valence-corrected chi connectivity index (χ4v) is 1.05. The number of thiocarbonyl (C=S) groups is 1. The first-order valence-electron chi connectivity index (χ1n) is 2.82. The van der Waals surface area contributed by atoms with Gasteiger partial charge in [0, 0.05) is 5.69 Å². The van der Waals surface area contributed by atoms with Crippen molar-refractivity contribution < 1.29 is 0 Å². The Morgan fingerprint density at radius 2 is 2.00 bits per heavy atom. The van der Waals surface area contributed by atoms with Crippen molar-refractivity contribution in [1.82, 2.24) is 0 Å². The van der Waals surface area contributed by atoms with E-state index < -0.39 is 0 Å². The first-order chi connectivity index (χ1) is 5.24. The van der Waals surface area contributed by atoms with Crippen LogP contribution in [0.2, 0.25) is 10.0 Å². The van der Waals surface area contributed by atoms with Crippen molar-refractivity contribution >= 4 is 46.6 Å². The van der Waals surface area contributed by atoms with E-state index in [1.165, 1.54) is 0 Å². The molecule has 0 saturated heterocycles. The van der Waals surface area contributed by atoms with Crippen LogP contribution in [0.25, 0.3) is 0 Å². The molecule has 57 valence electrons. The first-order valence-corrected chi connectivity index (χ1v) is 3.98. The summed E-state index contributed by atoms with van der Waals surface area (Å²) in [6.45, 7) is 0. The maximum Gasteiger partial charge on any atom is 0.138 e. The highest BCUT2D eigenvalue weighted by Gasteiger charge is 1.96. The highest BCUT2D eigenvalue weighted by molar-refractivity contribution is 7.79. The van der Waals surface area contributed by atoms with Crippen molar-refractivity contribution in [2.24, 2.45) is 0 Å². The standard InChI is InChI=1S/C7H4Cl2NS/c8-6-2-1-5(10-4-11)3-7(6)9/h1-3H,(H,10,11). The summed E-state index contributed by atoms with van der Waals surface area (Å²) in [5, 5.41) is 3.73. The molecule has 0 amide bonds. The summed E-state index contributed by atoms with van der Waals surface area (Å²) in [4.78, 5) is 0. The number of halogens is 2. The van der Waals surface area contributed by atoms with Gasteiger partial charge < -0.3 is 5.32 Å². The van der Waals surface area contributed by atoms with Crippen molar-refractivity contribution in [2.45, 2.75) is 0 Å². The van der Waals surface area contributed by atoms with Gasteiger partial charge in [0.15, 0.2) is 0 Å². The molecule has 0 spiro atoms. The number of hydrogen-bond acceptors (Lipinski definition) is 1. The summed E-state index contributed by atoms with van der Waals surface area (Å²) in [5.41, 5.74) is 3.15. The monoisotopic (exact) mass is 204 g/mol. The molecule has 0 fully saturated rings. The summed E-state index contributed by atoms with van der Waals surface area (Å²) in [7, 11) is 0. The quantitative estimate of drug-likeness (QED) is 0.587. The van der Waals surface area contributed by atoms with Gasteiger partial charge in [-0.1, -0.05) is 35.4 Å². The Labute approximate surface area is 80.3 Å². The molecule has 1 aromatic rings. The first kappa shape index (κ1) is 8.78. The van der Waals surface area contributed by atoms with E-state index in [4.69, 9.17) is 23.2 Å². The minimum absolute atomic E-state index is 0.502. The second kappa shape index (κ2) is 3.90. The predicted molar refractivity (Wildman–Crippen MR) is 52.7 cm³/mol. The summed E-state index contributed by atoms with van der Waals surface area (Å²) in [6, 6.07) is 5.15. The SMILES string of the molecule is S=[C]Nc1ccc(Cl)c(Cl)c1. The van der Waals surface area contributed by atoms with E-state index in [1.807, 2.05) is 0 Å². The third-order valence-electron chi connectivity index (χ3n) is 1.11. The Morgan fingerprint density at radius 1 is 1.27 bits per heavy atom. The Kier molecular flexibility index (Phi) is 3.12. The Bertz CT molecular complexity index is 275. The van der Waals surface area contributed by atoms with Gasteiger partial charge in [0.05, 0.1) is 10.0 Å². The van der Waals surface area contributed by atoms with Gasteiger partial charge in [-0.3, -0.25) is 0 Å². The van der Waals surface area contributed by atoms with E-state index in [0.29, 0.717) is 10.0 Å². The lowest BCUT2D eigenvalue weighted by Crippen LogP contribution is -1.90. The summed E-state index contributed by atoms with van der Waals surface area (Å²) in [5.74, 6) is 0. The average molecular weight is 205 g/mol. The molecule has 0 aliphatic heterocycles. The number of nitrogens with one attached hydrogen (secondary N) is 1. The van der Waals surface area contributed by atoms with Gasteiger partial charge in [-0.05, 0) is 18.2 Å². The molecule has 4 heteroatoms. The van der Waals surface area contributed by atoms with Crippen molar-refractivity contribution in [2.75, 3.05) is 5.32 Å². The van der Waals surface area contributed by atoms with Gasteiger partial charge in [0.1, 0.15) is 5.49 Å². The van der Waals surface area contributed by atoms with Gasteiger partial charge in [0.2, 0.25) is 0 Å². The van der Waals surface area contributed by atoms with E-state index in [9.17, 15) is 0 Å². The lowest BCUT2D eigenvalue weighted by molar-refractivity contribution is 1.66. The van der Waals surface area contributed by atoms with Crippen LogP contribution in [0.5, 0.6) is 0 Å². The molecule has 1 nitrogen and oxygen atoms in total. The molecule has 1 aromatic carbocycles. The fourth-order valence-electron chi connectivity index (χ4n) is 0.633. The predicted octanol–water partition coefficient (Wildman–Crippen LogP) is 3.24. The molecule has 0 saturated carbocycles.